The van der Waals surface area contributed by atoms with Gasteiger partial charge < -0.3 is 14.3 Å². The summed E-state index contributed by atoms with van der Waals surface area (Å²) >= 11 is 0. The van der Waals surface area contributed by atoms with Gasteiger partial charge in [0.2, 0.25) is 5.76 Å². The van der Waals surface area contributed by atoms with Crippen LogP contribution in [0.5, 0.6) is 0 Å². The molecule has 8 nitrogen and oxygen atoms in total. The summed E-state index contributed by atoms with van der Waals surface area (Å²) in [6.07, 6.45) is 4.96. The van der Waals surface area contributed by atoms with Gasteiger partial charge in [-0.25, -0.2) is 0 Å². The number of nitrogens with zero attached hydrogens (tertiary/aromatic N) is 6. The third-order valence-corrected chi connectivity index (χ3v) is 4.15. The summed E-state index contributed by atoms with van der Waals surface area (Å²) in [4.78, 5) is 20.2. The van der Waals surface area contributed by atoms with Gasteiger partial charge in [-0.3, -0.25) is 9.78 Å². The van der Waals surface area contributed by atoms with Gasteiger partial charge in [-0.1, -0.05) is 5.16 Å². The lowest BCUT2D eigenvalue weighted by Gasteiger charge is -2.34. The quantitative estimate of drug-likeness (QED) is 0.716. The number of rotatable bonds is 3. The Hall–Kier alpha value is -3.29. The van der Waals surface area contributed by atoms with Gasteiger partial charge in [0.25, 0.3) is 5.91 Å². The van der Waals surface area contributed by atoms with Gasteiger partial charge in [-0.05, 0) is 24.3 Å². The van der Waals surface area contributed by atoms with Crippen molar-refractivity contribution in [3.63, 3.8) is 0 Å². The topological polar surface area (TPSA) is 88.3 Å². The second-order valence-electron chi connectivity index (χ2n) is 5.67. The number of hydrogen-bond donors (Lipinski definition) is 0. The van der Waals surface area contributed by atoms with Gasteiger partial charge in [0, 0.05) is 50.2 Å². The minimum absolute atomic E-state index is 0.129. The van der Waals surface area contributed by atoms with Crippen molar-refractivity contribution in [3.05, 3.63) is 54.7 Å². The Bertz CT molecular complexity index is 827. The number of carbonyl (C=O) groups excluding carboxylic acids is 1. The zero-order valence-electron chi connectivity index (χ0n) is 13.4. The lowest BCUT2D eigenvalue weighted by atomic mass is 10.2. The first-order chi connectivity index (χ1) is 12.3. The molecule has 4 heterocycles. The highest BCUT2D eigenvalue weighted by atomic mass is 16.5. The fourth-order valence-corrected chi connectivity index (χ4v) is 2.78. The van der Waals surface area contributed by atoms with E-state index >= 15 is 0 Å². The molecule has 0 spiro atoms. The first kappa shape index (κ1) is 15.3. The smallest absolute Gasteiger partial charge is 0.292 e. The SMILES string of the molecule is O=C(c1ccno1)N1CCN(c2ccc(-c3cccnc3)nn2)CC1. The Morgan fingerprint density at radius 3 is 2.52 bits per heavy atom. The van der Waals surface area contributed by atoms with Crippen LogP contribution in [0.3, 0.4) is 0 Å². The molecule has 1 aliphatic heterocycles. The average molecular weight is 336 g/mol. The van der Waals surface area contributed by atoms with Crippen LogP contribution in [-0.4, -0.2) is 57.3 Å². The van der Waals surface area contributed by atoms with Crippen molar-refractivity contribution in [2.75, 3.05) is 31.1 Å². The fraction of sp³-hybridized carbons (Fsp3) is 0.235. The molecule has 3 aromatic heterocycles. The summed E-state index contributed by atoms with van der Waals surface area (Å²) in [6.45, 7) is 2.60. The van der Waals surface area contributed by atoms with E-state index < -0.39 is 0 Å². The van der Waals surface area contributed by atoms with Gasteiger partial charge in [0.1, 0.15) is 0 Å². The molecule has 0 saturated carbocycles. The maximum Gasteiger partial charge on any atom is 0.292 e. The normalized spacial score (nSPS) is 14.6. The molecule has 0 aromatic carbocycles. The minimum atomic E-state index is -0.129. The summed E-state index contributed by atoms with van der Waals surface area (Å²) in [5, 5.41) is 12.2. The standard InChI is InChI=1S/C17H16N6O2/c24-17(15-5-7-19-25-15)23-10-8-22(9-11-23)16-4-3-14(20-21-16)13-2-1-6-18-12-13/h1-7,12H,8-11H2. The molecule has 1 fully saturated rings. The van der Waals surface area contributed by atoms with E-state index in [2.05, 4.69) is 25.2 Å². The van der Waals surface area contributed by atoms with Crippen molar-refractivity contribution in [1.29, 1.82) is 0 Å². The van der Waals surface area contributed by atoms with Gasteiger partial charge in [0.15, 0.2) is 5.82 Å². The minimum Gasteiger partial charge on any atom is -0.352 e. The van der Waals surface area contributed by atoms with Crippen LogP contribution in [0.2, 0.25) is 0 Å². The molecule has 4 rings (SSSR count). The highest BCUT2D eigenvalue weighted by molar-refractivity contribution is 5.91. The molecule has 0 aliphatic carbocycles. The van der Waals surface area contributed by atoms with Gasteiger partial charge in [0.05, 0.1) is 11.9 Å². The summed E-state index contributed by atoms with van der Waals surface area (Å²) < 4.78 is 4.93. The van der Waals surface area contributed by atoms with E-state index in [0.717, 1.165) is 17.1 Å². The molecule has 0 atom stereocenters. The Morgan fingerprint density at radius 1 is 1.00 bits per heavy atom. The molecule has 1 amide bonds. The fourth-order valence-electron chi connectivity index (χ4n) is 2.78. The molecule has 25 heavy (non-hydrogen) atoms. The van der Waals surface area contributed by atoms with Crippen LogP contribution in [0, 0.1) is 0 Å². The maximum atomic E-state index is 12.2. The van der Waals surface area contributed by atoms with Gasteiger partial charge in [-0.2, -0.15) is 0 Å². The van der Waals surface area contributed by atoms with Crippen molar-refractivity contribution in [2.24, 2.45) is 0 Å². The highest BCUT2D eigenvalue weighted by Crippen LogP contribution is 2.19. The predicted molar refractivity (Wildman–Crippen MR) is 89.9 cm³/mol. The Morgan fingerprint density at radius 2 is 1.88 bits per heavy atom. The predicted octanol–water partition coefficient (Wildman–Crippen LogP) is 1.49. The molecule has 1 saturated heterocycles. The van der Waals surface area contributed by atoms with Gasteiger partial charge in [-0.15, -0.1) is 10.2 Å². The number of pyridine rings is 1. The second-order valence-corrected chi connectivity index (χ2v) is 5.67. The number of piperazine rings is 1. The Balaban J connectivity index is 1.40. The third-order valence-electron chi connectivity index (χ3n) is 4.15. The number of carbonyl (C=O) groups is 1. The molecule has 1 aliphatic rings. The maximum absolute atomic E-state index is 12.2. The monoisotopic (exact) mass is 336 g/mol. The molecular formula is C17H16N6O2. The van der Waals surface area contributed by atoms with Crippen molar-refractivity contribution in [3.8, 4) is 11.3 Å². The lowest BCUT2D eigenvalue weighted by molar-refractivity contribution is 0.0704. The average Bonchev–Trinajstić information content (AvgIpc) is 3.23. The van der Waals surface area contributed by atoms with Crippen LogP contribution in [0.15, 0.2) is 53.4 Å². The number of amides is 1. The first-order valence-corrected chi connectivity index (χ1v) is 8.00. The lowest BCUT2D eigenvalue weighted by Crippen LogP contribution is -2.49. The summed E-state index contributed by atoms with van der Waals surface area (Å²) in [6, 6.07) is 9.28. The molecule has 8 heteroatoms. The van der Waals surface area contributed by atoms with Crippen molar-refractivity contribution in [2.45, 2.75) is 0 Å². The zero-order valence-corrected chi connectivity index (χ0v) is 13.4. The van der Waals surface area contributed by atoms with E-state index in [4.69, 9.17) is 4.52 Å². The van der Waals surface area contributed by atoms with E-state index in [9.17, 15) is 4.79 Å². The van der Waals surface area contributed by atoms with Crippen molar-refractivity contribution >= 4 is 11.7 Å². The molecule has 0 radical (unpaired) electrons. The second kappa shape index (κ2) is 6.68. The third kappa shape index (κ3) is 3.18. The molecule has 0 N–H and O–H groups in total. The summed E-state index contributed by atoms with van der Waals surface area (Å²) in [5.41, 5.74) is 1.72. The zero-order chi connectivity index (χ0) is 17.1. The van der Waals surface area contributed by atoms with E-state index in [1.807, 2.05) is 24.3 Å². The summed E-state index contributed by atoms with van der Waals surface area (Å²) in [5.74, 6) is 0.948. The summed E-state index contributed by atoms with van der Waals surface area (Å²) in [7, 11) is 0. The molecule has 3 aromatic rings. The molecular weight excluding hydrogens is 320 g/mol. The van der Waals surface area contributed by atoms with Crippen molar-refractivity contribution in [1.82, 2.24) is 25.2 Å². The van der Waals surface area contributed by atoms with Crippen LogP contribution in [0.1, 0.15) is 10.6 Å². The number of hydrogen-bond acceptors (Lipinski definition) is 7. The van der Waals surface area contributed by atoms with E-state index in [0.29, 0.717) is 26.2 Å². The Kier molecular flexibility index (Phi) is 4.07. The van der Waals surface area contributed by atoms with E-state index in [1.54, 1.807) is 23.4 Å². The molecule has 0 bridgehead atoms. The van der Waals surface area contributed by atoms with E-state index in [-0.39, 0.29) is 11.7 Å². The van der Waals surface area contributed by atoms with Crippen LogP contribution in [0.4, 0.5) is 5.82 Å². The largest absolute Gasteiger partial charge is 0.352 e. The van der Waals surface area contributed by atoms with Gasteiger partial charge >= 0.3 is 0 Å². The van der Waals surface area contributed by atoms with Crippen LogP contribution >= 0.6 is 0 Å². The number of aromatic nitrogens is 4. The van der Waals surface area contributed by atoms with Crippen LogP contribution in [-0.2, 0) is 0 Å². The molecule has 0 unspecified atom stereocenters. The van der Waals surface area contributed by atoms with Crippen LogP contribution < -0.4 is 4.90 Å². The Labute approximate surface area is 144 Å². The first-order valence-electron chi connectivity index (χ1n) is 8.00. The molecule has 126 valence electrons. The van der Waals surface area contributed by atoms with Crippen LogP contribution in [0.25, 0.3) is 11.3 Å². The van der Waals surface area contributed by atoms with E-state index in [1.165, 1.54) is 6.20 Å². The van der Waals surface area contributed by atoms with Crippen molar-refractivity contribution < 1.29 is 9.32 Å². The number of anilines is 1. The highest BCUT2D eigenvalue weighted by Gasteiger charge is 2.24.